The van der Waals surface area contributed by atoms with Crippen molar-refractivity contribution in [3.63, 3.8) is 0 Å². The number of amides is 1. The molecule has 6 nitrogen and oxygen atoms in total. The smallest absolute Gasteiger partial charge is 0.278 e. The van der Waals surface area contributed by atoms with Gasteiger partial charge in [-0.25, -0.2) is 14.8 Å². The van der Waals surface area contributed by atoms with Crippen molar-refractivity contribution < 1.29 is 9.18 Å². The minimum Gasteiger partial charge on any atom is -0.348 e. The van der Waals surface area contributed by atoms with Crippen LogP contribution >= 0.6 is 0 Å². The van der Waals surface area contributed by atoms with Crippen molar-refractivity contribution in [3.8, 4) is 11.1 Å². The van der Waals surface area contributed by atoms with Gasteiger partial charge in [0.05, 0.1) is 12.0 Å². The van der Waals surface area contributed by atoms with Crippen LogP contribution in [0.1, 0.15) is 16.1 Å². The molecule has 0 aliphatic carbocycles. The molecule has 1 amide bonds. The van der Waals surface area contributed by atoms with Crippen LogP contribution in [0.25, 0.3) is 11.1 Å². The van der Waals surface area contributed by atoms with E-state index in [1.54, 1.807) is 17.5 Å². The Kier molecular flexibility index (Phi) is 6.79. The second-order valence-corrected chi connectivity index (χ2v) is 7.08. The van der Waals surface area contributed by atoms with Gasteiger partial charge >= 0.3 is 0 Å². The van der Waals surface area contributed by atoms with Crippen molar-refractivity contribution in [2.24, 2.45) is 4.99 Å². The summed E-state index contributed by atoms with van der Waals surface area (Å²) in [7, 11) is 0. The van der Waals surface area contributed by atoms with Gasteiger partial charge in [-0.2, -0.15) is 4.99 Å². The number of benzene rings is 3. The Morgan fingerprint density at radius 3 is 2.53 bits per heavy atom. The first-order chi connectivity index (χ1) is 15.7. The number of hydrazine groups is 1. The normalized spacial score (nSPS) is 11.0. The summed E-state index contributed by atoms with van der Waals surface area (Å²) in [5, 5.41) is 1.68. The van der Waals surface area contributed by atoms with Crippen molar-refractivity contribution >= 4 is 17.9 Å². The first kappa shape index (κ1) is 21.1. The fourth-order valence-electron chi connectivity index (χ4n) is 3.18. The van der Waals surface area contributed by atoms with Crippen LogP contribution in [0.5, 0.6) is 0 Å². The van der Waals surface area contributed by atoms with Gasteiger partial charge in [0, 0.05) is 30.4 Å². The molecule has 0 fully saturated rings. The predicted octanol–water partition coefficient (Wildman–Crippen LogP) is 4.64. The van der Waals surface area contributed by atoms with Crippen molar-refractivity contribution in [2.45, 2.75) is 6.42 Å². The summed E-state index contributed by atoms with van der Waals surface area (Å²) in [6.07, 6.45) is 5.53. The van der Waals surface area contributed by atoms with Crippen molar-refractivity contribution in [1.29, 1.82) is 0 Å². The molecule has 0 unspecified atom stereocenters. The number of imidazole rings is 1. The van der Waals surface area contributed by atoms with E-state index in [2.05, 4.69) is 32.5 Å². The van der Waals surface area contributed by atoms with E-state index in [9.17, 15) is 9.18 Å². The van der Waals surface area contributed by atoms with Gasteiger partial charge in [0.2, 0.25) is 0 Å². The highest BCUT2D eigenvalue weighted by Gasteiger charge is 2.08. The van der Waals surface area contributed by atoms with Crippen molar-refractivity contribution in [2.75, 3.05) is 11.6 Å². The van der Waals surface area contributed by atoms with Gasteiger partial charge in [-0.3, -0.25) is 9.80 Å². The Morgan fingerprint density at radius 1 is 1.03 bits per heavy atom. The largest absolute Gasteiger partial charge is 0.348 e. The van der Waals surface area contributed by atoms with Crippen molar-refractivity contribution in [3.05, 3.63) is 108 Å². The first-order valence-electron chi connectivity index (χ1n) is 10.2. The zero-order valence-electron chi connectivity index (χ0n) is 17.3. The van der Waals surface area contributed by atoms with Crippen LogP contribution < -0.4 is 10.4 Å². The van der Waals surface area contributed by atoms with Crippen LogP contribution in [0.15, 0.2) is 96.4 Å². The maximum atomic E-state index is 13.4. The molecule has 160 valence electrons. The number of nitrogens with one attached hydrogen (secondary N) is 2. The lowest BCUT2D eigenvalue weighted by molar-refractivity contribution is 0.100. The molecule has 0 saturated heterocycles. The zero-order valence-corrected chi connectivity index (χ0v) is 17.3. The molecule has 4 rings (SSSR count). The topological polar surface area (TPSA) is 73.4 Å². The first-order valence-corrected chi connectivity index (χ1v) is 10.2. The third-order valence-corrected chi connectivity index (χ3v) is 4.85. The lowest BCUT2D eigenvalue weighted by Crippen LogP contribution is -2.38. The molecular weight excluding hydrogens is 405 g/mol. The monoisotopic (exact) mass is 427 g/mol. The van der Waals surface area contributed by atoms with E-state index in [0.29, 0.717) is 13.0 Å². The van der Waals surface area contributed by atoms with Gasteiger partial charge < -0.3 is 4.98 Å². The summed E-state index contributed by atoms with van der Waals surface area (Å²) < 4.78 is 13.4. The number of aromatic amines is 1. The number of aliphatic imine (C=N–C) groups is 1. The molecule has 1 aromatic heterocycles. The second kappa shape index (κ2) is 10.3. The minimum absolute atomic E-state index is 0.193. The fourth-order valence-corrected chi connectivity index (χ4v) is 3.18. The number of nitrogens with zero attached hydrogens (tertiary/aromatic N) is 3. The van der Waals surface area contributed by atoms with Crippen LogP contribution in [0, 0.1) is 5.82 Å². The van der Waals surface area contributed by atoms with Gasteiger partial charge in [-0.1, -0.05) is 48.5 Å². The number of hydrogen-bond acceptors (Lipinski definition) is 3. The molecule has 0 radical (unpaired) electrons. The van der Waals surface area contributed by atoms with E-state index in [1.165, 1.54) is 30.6 Å². The minimum atomic E-state index is -0.522. The third kappa shape index (κ3) is 5.53. The second-order valence-electron chi connectivity index (χ2n) is 7.08. The molecule has 1 heterocycles. The SMILES string of the molecule is O=C(N=CN(NCCc1cnc[nH]1)c1ccc(-c2ccccc2)cc1)c1cccc(F)c1. The molecule has 0 aliphatic rings. The molecular formula is C25H22FN5O. The molecule has 0 atom stereocenters. The van der Waals surface area contributed by atoms with Crippen LogP contribution in [-0.2, 0) is 6.42 Å². The number of carbonyl (C=O) groups is 1. The van der Waals surface area contributed by atoms with Crippen LogP contribution in [-0.4, -0.2) is 28.8 Å². The van der Waals surface area contributed by atoms with Crippen LogP contribution in [0.4, 0.5) is 10.1 Å². The predicted molar refractivity (Wildman–Crippen MR) is 124 cm³/mol. The maximum absolute atomic E-state index is 13.4. The van der Waals surface area contributed by atoms with E-state index in [0.717, 1.165) is 22.5 Å². The molecule has 0 aliphatic heterocycles. The maximum Gasteiger partial charge on any atom is 0.278 e. The number of carbonyl (C=O) groups excluding carboxylic acids is 1. The van der Waals surface area contributed by atoms with Gasteiger partial charge in [0.15, 0.2) is 0 Å². The summed E-state index contributed by atoms with van der Waals surface area (Å²) >= 11 is 0. The summed E-state index contributed by atoms with van der Waals surface area (Å²) in [6, 6.07) is 23.5. The van der Waals surface area contributed by atoms with Gasteiger partial charge in [-0.15, -0.1) is 0 Å². The standard InChI is InChI=1S/C25H22FN5O/c26-22-8-4-7-21(15-22)25(32)29-18-31(30-14-13-23-16-27-17-28-23)24-11-9-20(10-12-24)19-5-2-1-3-6-19/h1-12,15-18,30H,13-14H2,(H,27,28). The van der Waals surface area contributed by atoms with Crippen molar-refractivity contribution in [1.82, 2.24) is 15.4 Å². The zero-order chi connectivity index (χ0) is 22.2. The molecule has 0 saturated carbocycles. The highest BCUT2D eigenvalue weighted by atomic mass is 19.1. The molecule has 0 spiro atoms. The fraction of sp³-hybridized carbons (Fsp3) is 0.0800. The van der Waals surface area contributed by atoms with Gasteiger partial charge in [-0.05, 0) is 41.5 Å². The quantitative estimate of drug-likeness (QED) is 0.244. The molecule has 0 bridgehead atoms. The number of anilines is 1. The van der Waals surface area contributed by atoms with E-state index in [1.807, 2.05) is 42.5 Å². The van der Waals surface area contributed by atoms with E-state index in [-0.39, 0.29) is 5.56 Å². The number of aromatic nitrogens is 2. The summed E-state index contributed by atoms with van der Waals surface area (Å²) in [5.41, 5.74) is 7.46. The van der Waals surface area contributed by atoms with Gasteiger partial charge in [0.1, 0.15) is 12.2 Å². The Morgan fingerprint density at radius 2 is 1.81 bits per heavy atom. The number of rotatable bonds is 8. The Bertz CT molecular complexity index is 1170. The van der Waals surface area contributed by atoms with Crippen LogP contribution in [0.3, 0.4) is 0 Å². The summed E-state index contributed by atoms with van der Waals surface area (Å²) in [4.78, 5) is 23.5. The van der Waals surface area contributed by atoms with E-state index < -0.39 is 11.7 Å². The van der Waals surface area contributed by atoms with E-state index >= 15 is 0 Å². The van der Waals surface area contributed by atoms with Crippen LogP contribution in [0.2, 0.25) is 0 Å². The molecule has 7 heteroatoms. The molecule has 2 N–H and O–H groups in total. The highest BCUT2D eigenvalue weighted by molar-refractivity contribution is 6.00. The van der Waals surface area contributed by atoms with E-state index in [4.69, 9.17) is 0 Å². The summed E-state index contributed by atoms with van der Waals surface area (Å²) in [5.74, 6) is -0.997. The average molecular weight is 427 g/mol. The van der Waals surface area contributed by atoms with Gasteiger partial charge in [0.25, 0.3) is 5.91 Å². The summed E-state index contributed by atoms with van der Waals surface area (Å²) in [6.45, 7) is 0.586. The average Bonchev–Trinajstić information content (AvgIpc) is 3.35. The number of halogens is 1. The molecule has 32 heavy (non-hydrogen) atoms. The lowest BCUT2D eigenvalue weighted by atomic mass is 10.1. The molecule has 3 aromatic carbocycles. The molecule has 4 aromatic rings. The lowest BCUT2D eigenvalue weighted by Gasteiger charge is -2.21. The Labute approximate surface area is 185 Å². The Balaban J connectivity index is 1.51. The number of hydrogen-bond donors (Lipinski definition) is 2. The number of H-pyrrole nitrogens is 1. The third-order valence-electron chi connectivity index (χ3n) is 4.85. The Hall–Kier alpha value is -4.10. The highest BCUT2D eigenvalue weighted by Crippen LogP contribution is 2.22.